The van der Waals surface area contributed by atoms with Crippen molar-refractivity contribution in [3.8, 4) is 11.3 Å². The van der Waals surface area contributed by atoms with Crippen LogP contribution in [-0.4, -0.2) is 21.6 Å². The lowest BCUT2D eigenvalue weighted by atomic mass is 10.1. The normalized spacial score (nSPS) is 10.6. The molecule has 0 atom stereocenters. The minimum atomic E-state index is -0.956. The number of carbonyl (C=O) groups excluding carboxylic acids is 2. The number of rotatable bonds is 6. The monoisotopic (exact) mass is 474 g/mol. The van der Waals surface area contributed by atoms with Crippen molar-refractivity contribution in [1.82, 2.24) is 9.78 Å². The van der Waals surface area contributed by atoms with Gasteiger partial charge >= 0.3 is 0 Å². The third kappa shape index (κ3) is 5.47. The van der Waals surface area contributed by atoms with Crippen LogP contribution in [0.5, 0.6) is 0 Å². The van der Waals surface area contributed by atoms with Crippen LogP contribution in [0.3, 0.4) is 0 Å². The van der Waals surface area contributed by atoms with Crippen LogP contribution >= 0.6 is 0 Å². The smallest absolute Gasteiger partial charge is 0.291 e. The quantitative estimate of drug-likeness (QED) is 0.434. The van der Waals surface area contributed by atoms with Gasteiger partial charge in [0.1, 0.15) is 29.6 Å². The molecule has 0 bridgehead atoms. The van der Waals surface area contributed by atoms with Crippen molar-refractivity contribution >= 4 is 23.2 Å². The number of halogens is 2. The van der Waals surface area contributed by atoms with Crippen LogP contribution in [0.4, 0.5) is 20.2 Å². The Morgan fingerprint density at radius 3 is 2.20 bits per heavy atom. The molecule has 4 aromatic rings. The van der Waals surface area contributed by atoms with Crippen LogP contribution in [0.2, 0.25) is 0 Å². The molecule has 0 aliphatic carbocycles. The van der Waals surface area contributed by atoms with E-state index >= 15 is 0 Å². The topological polar surface area (TPSA) is 93.1 Å². The Morgan fingerprint density at radius 2 is 1.54 bits per heavy atom. The van der Waals surface area contributed by atoms with E-state index in [0.29, 0.717) is 16.8 Å². The van der Waals surface area contributed by atoms with E-state index in [1.54, 1.807) is 42.5 Å². The Labute approximate surface area is 199 Å². The summed E-state index contributed by atoms with van der Waals surface area (Å²) in [5.41, 5.74) is 0.810. The van der Waals surface area contributed by atoms with E-state index in [9.17, 15) is 23.2 Å². The fourth-order valence-corrected chi connectivity index (χ4v) is 3.32. The second-order valence-electron chi connectivity index (χ2n) is 7.74. The summed E-state index contributed by atoms with van der Waals surface area (Å²) in [6.07, 6.45) is 0. The zero-order valence-corrected chi connectivity index (χ0v) is 18.6. The number of hydrogen-bond acceptors (Lipinski definition) is 4. The van der Waals surface area contributed by atoms with Gasteiger partial charge in [0.05, 0.1) is 5.69 Å². The van der Waals surface area contributed by atoms with Crippen molar-refractivity contribution in [2.45, 2.75) is 13.5 Å². The highest BCUT2D eigenvalue weighted by Crippen LogP contribution is 2.20. The molecular formula is C26H20F2N4O3. The molecule has 9 heteroatoms. The molecule has 7 nitrogen and oxygen atoms in total. The molecule has 0 spiro atoms. The molecule has 0 aliphatic heterocycles. The van der Waals surface area contributed by atoms with Gasteiger partial charge in [-0.15, -0.1) is 0 Å². The van der Waals surface area contributed by atoms with Crippen LogP contribution in [-0.2, 0) is 11.3 Å². The Balaban J connectivity index is 1.69. The van der Waals surface area contributed by atoms with E-state index in [-0.39, 0.29) is 5.69 Å². The summed E-state index contributed by atoms with van der Waals surface area (Å²) in [5.74, 6) is -3.30. The van der Waals surface area contributed by atoms with Crippen molar-refractivity contribution in [3.05, 3.63) is 112 Å². The lowest BCUT2D eigenvalue weighted by Crippen LogP contribution is -2.32. The number of aromatic nitrogens is 2. The largest absolute Gasteiger partial charge is 0.320 e. The van der Waals surface area contributed by atoms with E-state index in [2.05, 4.69) is 15.7 Å². The first-order valence-electron chi connectivity index (χ1n) is 10.6. The van der Waals surface area contributed by atoms with Gasteiger partial charge in [-0.25, -0.2) is 13.5 Å². The Morgan fingerprint density at radius 1 is 0.886 bits per heavy atom. The van der Waals surface area contributed by atoms with Crippen molar-refractivity contribution in [2.75, 3.05) is 10.6 Å². The number of carbonyl (C=O) groups is 2. The second-order valence-corrected chi connectivity index (χ2v) is 7.74. The van der Waals surface area contributed by atoms with Gasteiger partial charge < -0.3 is 10.6 Å². The average Bonchev–Trinajstić information content (AvgIpc) is 2.85. The van der Waals surface area contributed by atoms with Crippen LogP contribution < -0.4 is 16.2 Å². The summed E-state index contributed by atoms with van der Waals surface area (Å²) < 4.78 is 28.7. The Hall–Kier alpha value is -4.66. The first kappa shape index (κ1) is 23.5. The Bertz CT molecular complexity index is 1430. The minimum Gasteiger partial charge on any atom is -0.320 e. The molecule has 0 saturated carbocycles. The van der Waals surface area contributed by atoms with Crippen LogP contribution in [0.15, 0.2) is 83.7 Å². The van der Waals surface area contributed by atoms with E-state index in [0.717, 1.165) is 22.4 Å². The van der Waals surface area contributed by atoms with E-state index in [1.165, 1.54) is 12.1 Å². The van der Waals surface area contributed by atoms with Crippen LogP contribution in [0.25, 0.3) is 11.3 Å². The molecule has 2 N–H and O–H groups in total. The van der Waals surface area contributed by atoms with Crippen molar-refractivity contribution in [2.24, 2.45) is 0 Å². The standard InChI is InChI=1S/C26H20F2N4O3/c1-16-10-12-17(13-11-16)21-14-22(29-25(34)18-6-3-2-4-7-18)26(35)32(31-21)15-23(33)30-24-19(27)8-5-9-20(24)28/h2-14H,15H2,1H3,(H,29,34)(H,30,33). The lowest BCUT2D eigenvalue weighted by Gasteiger charge is -2.13. The number of benzene rings is 3. The third-order valence-corrected chi connectivity index (χ3v) is 5.13. The summed E-state index contributed by atoms with van der Waals surface area (Å²) in [6, 6.07) is 20.1. The van der Waals surface area contributed by atoms with E-state index in [1.807, 2.05) is 19.1 Å². The summed E-state index contributed by atoms with van der Waals surface area (Å²) in [7, 11) is 0. The number of amides is 2. The van der Waals surface area contributed by atoms with Gasteiger partial charge in [0.2, 0.25) is 5.91 Å². The van der Waals surface area contributed by atoms with Crippen LogP contribution in [0.1, 0.15) is 15.9 Å². The first-order chi connectivity index (χ1) is 16.8. The molecule has 1 heterocycles. The van der Waals surface area contributed by atoms with Gasteiger partial charge in [-0.3, -0.25) is 14.4 Å². The number of para-hydroxylation sites is 1. The maximum absolute atomic E-state index is 13.9. The SMILES string of the molecule is Cc1ccc(-c2cc(NC(=O)c3ccccc3)c(=O)n(CC(=O)Nc3c(F)cccc3F)n2)cc1. The number of anilines is 2. The molecule has 2 amide bonds. The van der Waals surface area contributed by atoms with Gasteiger partial charge in [0, 0.05) is 11.1 Å². The highest BCUT2D eigenvalue weighted by Gasteiger charge is 2.17. The summed E-state index contributed by atoms with van der Waals surface area (Å²) in [5, 5.41) is 8.94. The molecule has 35 heavy (non-hydrogen) atoms. The molecule has 0 fully saturated rings. The first-order valence-corrected chi connectivity index (χ1v) is 10.6. The minimum absolute atomic E-state index is 0.102. The average molecular weight is 474 g/mol. The van der Waals surface area contributed by atoms with Crippen molar-refractivity contribution in [3.63, 3.8) is 0 Å². The van der Waals surface area contributed by atoms with E-state index < -0.39 is 41.2 Å². The molecule has 0 saturated heterocycles. The summed E-state index contributed by atoms with van der Waals surface area (Å²) in [6.45, 7) is 1.27. The third-order valence-electron chi connectivity index (χ3n) is 5.13. The number of aryl methyl sites for hydroxylation is 1. The molecule has 1 aromatic heterocycles. The maximum atomic E-state index is 13.9. The van der Waals surface area contributed by atoms with Gasteiger partial charge in [-0.2, -0.15) is 5.10 Å². The highest BCUT2D eigenvalue weighted by atomic mass is 19.1. The second kappa shape index (κ2) is 10.1. The van der Waals surface area contributed by atoms with Gasteiger partial charge in [0.15, 0.2) is 0 Å². The predicted molar refractivity (Wildman–Crippen MR) is 128 cm³/mol. The fourth-order valence-electron chi connectivity index (χ4n) is 3.32. The number of nitrogens with one attached hydrogen (secondary N) is 2. The van der Waals surface area contributed by atoms with Gasteiger partial charge in [-0.05, 0) is 37.3 Å². The molecule has 4 rings (SSSR count). The van der Waals surface area contributed by atoms with Crippen molar-refractivity contribution in [1.29, 1.82) is 0 Å². The molecule has 3 aromatic carbocycles. The molecular weight excluding hydrogens is 454 g/mol. The molecule has 176 valence electrons. The van der Waals surface area contributed by atoms with Crippen LogP contribution in [0, 0.1) is 18.6 Å². The maximum Gasteiger partial charge on any atom is 0.291 e. The van der Waals surface area contributed by atoms with Crippen molar-refractivity contribution < 1.29 is 18.4 Å². The summed E-state index contributed by atoms with van der Waals surface area (Å²) in [4.78, 5) is 38.3. The fraction of sp³-hybridized carbons (Fsp3) is 0.0769. The van der Waals surface area contributed by atoms with Gasteiger partial charge in [0.25, 0.3) is 11.5 Å². The zero-order valence-electron chi connectivity index (χ0n) is 18.6. The highest BCUT2D eigenvalue weighted by molar-refractivity contribution is 6.04. The van der Waals surface area contributed by atoms with Gasteiger partial charge in [-0.1, -0.05) is 54.1 Å². The number of hydrogen-bond donors (Lipinski definition) is 2. The van der Waals surface area contributed by atoms with E-state index in [4.69, 9.17) is 0 Å². The Kier molecular flexibility index (Phi) is 6.77. The lowest BCUT2D eigenvalue weighted by molar-refractivity contribution is -0.117. The molecule has 0 aliphatic rings. The number of nitrogens with zero attached hydrogens (tertiary/aromatic N) is 2. The predicted octanol–water partition coefficient (Wildman–Crippen LogP) is 4.39. The zero-order chi connectivity index (χ0) is 24.9. The molecule has 0 radical (unpaired) electrons. The molecule has 0 unspecified atom stereocenters. The summed E-state index contributed by atoms with van der Waals surface area (Å²) >= 11 is 0.